The van der Waals surface area contributed by atoms with E-state index in [0.29, 0.717) is 0 Å². The Morgan fingerprint density at radius 2 is 0.586 bits per heavy atom. The Bertz CT molecular complexity index is 2190. The molecule has 0 radical (unpaired) electrons. The summed E-state index contributed by atoms with van der Waals surface area (Å²) in [6, 6.07) is -5.23. The average molecular weight is 1280 g/mol. The molecule has 0 aromatic rings. The molecule has 87 heavy (non-hydrogen) atoms. The number of carbonyl (C=O) groups excluding carboxylic acids is 3. The first-order chi connectivity index (χ1) is 41.1. The predicted octanol–water partition coefficient (Wildman–Crippen LogP) is -15.8. The first-order valence-corrected chi connectivity index (χ1v) is 27.6. The first-order valence-electron chi connectivity index (χ1n) is 27.6. The van der Waals surface area contributed by atoms with Crippen molar-refractivity contribution in [3.8, 4) is 0 Å². The zero-order chi connectivity index (χ0) is 64.2. The van der Waals surface area contributed by atoms with E-state index in [-0.39, 0.29) is 0 Å². The van der Waals surface area contributed by atoms with Gasteiger partial charge in [0.05, 0.1) is 46.2 Å². The van der Waals surface area contributed by atoms with E-state index >= 15 is 0 Å². The summed E-state index contributed by atoms with van der Waals surface area (Å²) >= 11 is 0. The zero-order valence-corrected chi connectivity index (χ0v) is 46.6. The van der Waals surface area contributed by atoms with Crippen molar-refractivity contribution in [1.82, 2.24) is 16.0 Å². The lowest BCUT2D eigenvalue weighted by Crippen LogP contribution is -2.70. The van der Waals surface area contributed by atoms with Crippen LogP contribution in [0.1, 0.15) is 20.8 Å². The normalized spacial score (nSPS) is 48.9. The minimum absolute atomic E-state index is 0.790. The molecule has 7 aliphatic heterocycles. The van der Waals surface area contributed by atoms with Crippen LogP contribution in [-0.4, -0.2) is 381 Å². The molecule has 7 fully saturated rings. The molecule has 39 nitrogen and oxygen atoms in total. The van der Waals surface area contributed by atoms with E-state index in [9.17, 15) is 117 Å². The molecule has 0 aliphatic carbocycles. The van der Waals surface area contributed by atoms with Crippen molar-refractivity contribution >= 4 is 17.7 Å². The second kappa shape index (κ2) is 31.1. The smallest absolute Gasteiger partial charge is 0.217 e. The molecule has 0 aromatic carbocycles. The lowest BCUT2D eigenvalue weighted by Gasteiger charge is -2.50. The Hall–Kier alpha value is -2.91. The van der Waals surface area contributed by atoms with Crippen LogP contribution in [0.3, 0.4) is 0 Å². The van der Waals surface area contributed by atoms with Crippen LogP contribution in [0.2, 0.25) is 0 Å². The second-order valence-electron chi connectivity index (χ2n) is 21.8. The van der Waals surface area contributed by atoms with E-state index < -0.39 is 279 Å². The van der Waals surface area contributed by atoms with Crippen molar-refractivity contribution in [2.24, 2.45) is 0 Å². The van der Waals surface area contributed by atoms with Gasteiger partial charge in [-0.2, -0.15) is 0 Å². The second-order valence-corrected chi connectivity index (χ2v) is 21.8. The van der Waals surface area contributed by atoms with Crippen molar-refractivity contribution in [2.45, 2.75) is 236 Å². The minimum Gasteiger partial charge on any atom is -0.394 e. The zero-order valence-electron chi connectivity index (χ0n) is 46.6. The minimum atomic E-state index is -2.25. The van der Waals surface area contributed by atoms with Crippen LogP contribution in [0.4, 0.5) is 0 Å². The molecule has 0 bridgehead atoms. The largest absolute Gasteiger partial charge is 0.394 e. The first kappa shape index (κ1) is 71.5. The van der Waals surface area contributed by atoms with E-state index in [1.807, 2.05) is 0 Å². The van der Waals surface area contributed by atoms with E-state index in [1.165, 1.54) is 0 Å². The maximum Gasteiger partial charge on any atom is 0.217 e. The molecule has 7 rings (SSSR count). The Labute approximate surface area is 492 Å². The van der Waals surface area contributed by atoms with Crippen molar-refractivity contribution in [3.63, 3.8) is 0 Å². The van der Waals surface area contributed by atoms with Crippen molar-refractivity contribution in [3.05, 3.63) is 0 Å². The molecule has 0 aromatic heterocycles. The number of rotatable bonds is 22. The third kappa shape index (κ3) is 15.8. The number of carbonyl (C=O) groups is 3. The summed E-state index contributed by atoms with van der Waals surface area (Å²) in [6.45, 7) is -3.70. The SMILES string of the molecule is CC(=O)N[C@H]1[C@H](OC[C@H]2OC(O)[C@H](O)[C@@H](O[C@@H]3O[C@H](CO)[C@@H](O[C@@H]4O[C@H](CO)[C@H](O)[C@H](O[C@@H]5O[C@H](CO)[C@@H](O[C@@H]6O[C@H](CO)[C@H](O)[C@H](O)[C@H]6O)[C@H](O)[C@H]5NC(C)=O)[C@H]4O)[C@H](O)[C@H]3NC(C)=O)[C@H]2O)O[C@H](CO)[C@@H](O[C@@H]2O[C@H](CO)[C@H](O)[C@H](O)[C@H]2O)[C@@H]1O. The van der Waals surface area contributed by atoms with Gasteiger partial charge < -0.3 is 180 Å². The molecular weight excluding hydrogens is 1190 g/mol. The van der Waals surface area contributed by atoms with Gasteiger partial charge in [0.15, 0.2) is 44.0 Å². The molecular formula is C48H81N3O36. The molecule has 39 heteroatoms. The van der Waals surface area contributed by atoms with Crippen molar-refractivity contribution < 1.29 is 178 Å². The Balaban J connectivity index is 1.05. The lowest BCUT2D eigenvalue weighted by molar-refractivity contribution is -0.382. The van der Waals surface area contributed by atoms with E-state index in [1.54, 1.807) is 0 Å². The molecule has 504 valence electrons. The number of hydrogen-bond acceptors (Lipinski definition) is 36. The van der Waals surface area contributed by atoms with Crippen LogP contribution in [0.15, 0.2) is 0 Å². The number of ether oxygens (including phenoxy) is 13. The molecule has 0 saturated carbocycles. The van der Waals surface area contributed by atoms with Gasteiger partial charge >= 0.3 is 0 Å². The van der Waals surface area contributed by atoms with Gasteiger partial charge in [0, 0.05) is 20.8 Å². The van der Waals surface area contributed by atoms with Crippen LogP contribution in [0.25, 0.3) is 0 Å². The summed E-state index contributed by atoms with van der Waals surface area (Å²) in [6.07, 6.45) is -60.9. The Morgan fingerprint density at radius 3 is 0.943 bits per heavy atom. The topological polar surface area (TPSA) is 612 Å². The highest BCUT2D eigenvalue weighted by Crippen LogP contribution is 2.37. The van der Waals surface area contributed by atoms with Crippen LogP contribution >= 0.6 is 0 Å². The third-order valence-electron chi connectivity index (χ3n) is 15.7. The Morgan fingerprint density at radius 1 is 0.299 bits per heavy atom. The van der Waals surface area contributed by atoms with Gasteiger partial charge in [-0.15, -0.1) is 0 Å². The predicted molar refractivity (Wildman–Crippen MR) is 267 cm³/mol. The fraction of sp³-hybridized carbons (Fsp3) is 0.938. The van der Waals surface area contributed by atoms with Gasteiger partial charge in [-0.25, -0.2) is 0 Å². The summed E-state index contributed by atoms with van der Waals surface area (Å²) in [5, 5.41) is 222. The van der Waals surface area contributed by atoms with Gasteiger partial charge in [0.1, 0.15) is 171 Å². The van der Waals surface area contributed by atoms with Gasteiger partial charge in [-0.05, 0) is 0 Å². The van der Waals surface area contributed by atoms with Crippen LogP contribution in [-0.2, 0) is 76.0 Å². The lowest BCUT2D eigenvalue weighted by atomic mass is 9.94. The maximum atomic E-state index is 12.7. The van der Waals surface area contributed by atoms with Crippen molar-refractivity contribution in [1.29, 1.82) is 0 Å². The van der Waals surface area contributed by atoms with Gasteiger partial charge in [-0.1, -0.05) is 0 Å². The molecule has 7 aliphatic rings. The molecule has 7 heterocycles. The summed E-state index contributed by atoms with van der Waals surface area (Å²) in [7, 11) is 0. The highest BCUT2D eigenvalue weighted by molar-refractivity contribution is 5.74. The molecule has 23 N–H and O–H groups in total. The third-order valence-corrected chi connectivity index (χ3v) is 15.7. The average Bonchev–Trinajstić information content (AvgIpc) is 3.01. The number of aliphatic hydroxyl groups is 20. The fourth-order valence-electron chi connectivity index (χ4n) is 11.1. The molecule has 0 spiro atoms. The maximum absolute atomic E-state index is 12.7. The highest BCUT2D eigenvalue weighted by atomic mass is 16.8. The van der Waals surface area contributed by atoms with Crippen molar-refractivity contribution in [2.75, 3.05) is 46.2 Å². The van der Waals surface area contributed by atoms with Gasteiger partial charge in [-0.3, -0.25) is 14.4 Å². The Kier molecular flexibility index (Phi) is 25.6. The summed E-state index contributed by atoms with van der Waals surface area (Å²) in [4.78, 5) is 37.6. The van der Waals surface area contributed by atoms with Gasteiger partial charge in [0.25, 0.3) is 0 Å². The van der Waals surface area contributed by atoms with Crippen LogP contribution in [0, 0.1) is 0 Å². The highest BCUT2D eigenvalue weighted by Gasteiger charge is 2.58. The number of nitrogens with one attached hydrogen (secondary N) is 3. The van der Waals surface area contributed by atoms with E-state index in [2.05, 4.69) is 16.0 Å². The molecule has 35 atom stereocenters. The number of hydrogen-bond donors (Lipinski definition) is 23. The van der Waals surface area contributed by atoms with Crippen LogP contribution in [0.5, 0.6) is 0 Å². The molecule has 7 saturated heterocycles. The van der Waals surface area contributed by atoms with E-state index in [4.69, 9.17) is 61.6 Å². The number of amides is 3. The summed E-state index contributed by atoms with van der Waals surface area (Å²) in [5.41, 5.74) is 0. The summed E-state index contributed by atoms with van der Waals surface area (Å²) < 4.78 is 74.4. The standard InChI is InChI=1S/C48H81N3O36/c1-11(58)49-21-28(65)37(83-46-33(70)31(68)24(61)14(4-52)77-46)17(7-55)80-43(21)75-10-20-27(64)40(35(72)42(74)76-20)86-44-22(50-12(2)59)30(67)39(19(9-57)81-44)85-48-36(73)41(26(63)16(6-54)79-48)87-45-23(51-13(3)60)29(66)38(18(8-56)82-45)84-47-34(71)32(69)25(62)15(5-53)78-47/h14-48,52-57,61-74H,4-10H2,1-3H3,(H,49,58)(H,50,59)(H,51,60)/t14-,15-,16-,17-,18-,19-,20-,21-,22-,23-,24+,25+,26+,27+,28-,29-,30-,31+,32+,33-,34-,35-,36-,37-,38-,39-,40+,41+,42?,43-,44+,45+,46+,47+,48+/m1/s1. The monoisotopic (exact) mass is 1280 g/mol. The quantitative estimate of drug-likeness (QED) is 0.0479. The molecule has 3 amide bonds. The number of aliphatic hydroxyl groups excluding tert-OH is 20. The van der Waals surface area contributed by atoms with E-state index in [0.717, 1.165) is 20.8 Å². The molecule has 1 unspecified atom stereocenters. The fourth-order valence-corrected chi connectivity index (χ4v) is 11.1. The van der Waals surface area contributed by atoms with Gasteiger partial charge in [0.2, 0.25) is 17.7 Å². The summed E-state index contributed by atoms with van der Waals surface area (Å²) in [5.74, 6) is -2.53. The van der Waals surface area contributed by atoms with Crippen LogP contribution < -0.4 is 16.0 Å².